The van der Waals surface area contributed by atoms with Crippen LogP contribution in [0.15, 0.2) is 48.5 Å². The van der Waals surface area contributed by atoms with Crippen LogP contribution < -0.4 is 0 Å². The summed E-state index contributed by atoms with van der Waals surface area (Å²) in [4.78, 5) is 30.3. The summed E-state index contributed by atoms with van der Waals surface area (Å²) in [6, 6.07) is 16.9. The van der Waals surface area contributed by atoms with Gasteiger partial charge in [0.2, 0.25) is 11.8 Å². The number of hydrogen-bond donors (Lipinski definition) is 0. The van der Waals surface area contributed by atoms with E-state index < -0.39 is 0 Å². The molecule has 0 saturated carbocycles. The van der Waals surface area contributed by atoms with Gasteiger partial charge < -0.3 is 14.5 Å². The fourth-order valence-electron chi connectivity index (χ4n) is 5.03. The number of hydrogen-bond acceptors (Lipinski definition) is 3. The van der Waals surface area contributed by atoms with Gasteiger partial charge in [0.1, 0.15) is 0 Å². The lowest BCUT2D eigenvalue weighted by molar-refractivity contribution is -0.135. The fourth-order valence-corrected chi connectivity index (χ4v) is 5.03. The van der Waals surface area contributed by atoms with Crippen LogP contribution in [-0.2, 0) is 20.7 Å². The van der Waals surface area contributed by atoms with Crippen molar-refractivity contribution < 1.29 is 14.3 Å². The van der Waals surface area contributed by atoms with Crippen LogP contribution in [0.1, 0.15) is 43.7 Å². The Bertz CT molecular complexity index is 950. The number of carbonyl (C=O) groups is 2. The van der Waals surface area contributed by atoms with E-state index in [2.05, 4.69) is 43.3 Å². The first kappa shape index (κ1) is 23.5. The minimum Gasteiger partial charge on any atom is -0.378 e. The molecule has 0 bridgehead atoms. The maximum Gasteiger partial charge on any atom is 0.227 e. The molecular weight excluding hydrogens is 412 g/mol. The molecular formula is C28H36N2O3. The van der Waals surface area contributed by atoms with Gasteiger partial charge in [0.15, 0.2) is 0 Å². The molecule has 2 saturated heterocycles. The molecule has 2 aromatic carbocycles. The van der Waals surface area contributed by atoms with E-state index in [9.17, 15) is 9.59 Å². The van der Waals surface area contributed by atoms with Crippen molar-refractivity contribution in [2.75, 3.05) is 32.8 Å². The molecule has 2 unspecified atom stereocenters. The van der Waals surface area contributed by atoms with E-state index in [0.717, 1.165) is 42.6 Å². The molecule has 4 rings (SSSR count). The van der Waals surface area contributed by atoms with Crippen LogP contribution in [0.2, 0.25) is 0 Å². The highest BCUT2D eigenvalue weighted by atomic mass is 16.5. The highest BCUT2D eigenvalue weighted by molar-refractivity contribution is 5.83. The summed E-state index contributed by atoms with van der Waals surface area (Å²) in [5.41, 5.74) is 4.71. The van der Waals surface area contributed by atoms with E-state index in [1.807, 2.05) is 28.9 Å². The Morgan fingerprint density at radius 3 is 2.61 bits per heavy atom. The van der Waals surface area contributed by atoms with Gasteiger partial charge in [-0.1, -0.05) is 54.1 Å². The molecule has 0 radical (unpaired) electrons. The van der Waals surface area contributed by atoms with Crippen LogP contribution in [0.3, 0.4) is 0 Å². The van der Waals surface area contributed by atoms with Crippen LogP contribution >= 0.6 is 0 Å². The van der Waals surface area contributed by atoms with E-state index >= 15 is 0 Å². The number of ether oxygens (including phenoxy) is 1. The summed E-state index contributed by atoms with van der Waals surface area (Å²) in [6.07, 6.45) is 4.26. The number of benzene rings is 2. The Balaban J connectivity index is 1.51. The van der Waals surface area contributed by atoms with E-state index in [0.29, 0.717) is 39.0 Å². The summed E-state index contributed by atoms with van der Waals surface area (Å²) in [6.45, 7) is 7.30. The van der Waals surface area contributed by atoms with E-state index in [-0.39, 0.29) is 23.8 Å². The minimum absolute atomic E-state index is 0.146. The number of likely N-dealkylation sites (N-methyl/N-ethyl adjacent to an activating group) is 1. The van der Waals surface area contributed by atoms with Crippen LogP contribution in [0.4, 0.5) is 0 Å². The highest BCUT2D eigenvalue weighted by Crippen LogP contribution is 2.28. The van der Waals surface area contributed by atoms with Gasteiger partial charge in [0.05, 0.1) is 12.0 Å². The van der Waals surface area contributed by atoms with Crippen LogP contribution in [0.5, 0.6) is 0 Å². The lowest BCUT2D eigenvalue weighted by Crippen LogP contribution is -2.38. The Labute approximate surface area is 197 Å². The first-order chi connectivity index (χ1) is 16.0. The van der Waals surface area contributed by atoms with Crippen molar-refractivity contribution in [1.82, 2.24) is 9.80 Å². The van der Waals surface area contributed by atoms with Crippen molar-refractivity contribution in [3.8, 4) is 11.1 Å². The summed E-state index contributed by atoms with van der Waals surface area (Å²) >= 11 is 0. The van der Waals surface area contributed by atoms with Gasteiger partial charge in [-0.05, 0) is 56.2 Å². The average Bonchev–Trinajstić information content (AvgIpc) is 3.30. The maximum absolute atomic E-state index is 13.4. The van der Waals surface area contributed by atoms with Crippen molar-refractivity contribution in [1.29, 1.82) is 0 Å². The second-order valence-electron chi connectivity index (χ2n) is 9.36. The molecule has 2 fully saturated rings. The maximum atomic E-state index is 13.4. The van der Waals surface area contributed by atoms with Gasteiger partial charge in [-0.15, -0.1) is 0 Å². The Morgan fingerprint density at radius 1 is 1.09 bits per heavy atom. The molecule has 0 aliphatic carbocycles. The molecule has 176 valence electrons. The van der Waals surface area contributed by atoms with E-state index in [1.165, 1.54) is 5.56 Å². The lowest BCUT2D eigenvalue weighted by atomic mass is 9.91. The molecule has 33 heavy (non-hydrogen) atoms. The summed E-state index contributed by atoms with van der Waals surface area (Å²) in [5.74, 6) is 0.0736. The molecule has 2 aromatic rings. The largest absolute Gasteiger partial charge is 0.378 e. The minimum atomic E-state index is -0.231. The number of carbonyl (C=O) groups excluding carboxylic acids is 2. The number of amides is 2. The third-order valence-electron chi connectivity index (χ3n) is 7.03. The summed E-state index contributed by atoms with van der Waals surface area (Å²) in [5, 5.41) is 0. The van der Waals surface area contributed by atoms with Gasteiger partial charge in [-0.3, -0.25) is 9.59 Å². The van der Waals surface area contributed by atoms with Gasteiger partial charge >= 0.3 is 0 Å². The highest BCUT2D eigenvalue weighted by Gasteiger charge is 2.32. The molecule has 5 nitrogen and oxygen atoms in total. The van der Waals surface area contributed by atoms with E-state index in [1.54, 1.807) is 0 Å². The van der Waals surface area contributed by atoms with Crippen molar-refractivity contribution in [2.24, 2.45) is 5.92 Å². The van der Waals surface area contributed by atoms with Crippen LogP contribution in [-0.4, -0.2) is 60.5 Å². The SMILES string of the molecule is CCN1CCN(C(=O)CCC2CCCO2)CC(Cc2ccccc2-c2ccc(C)cc2)C1=O. The Morgan fingerprint density at radius 2 is 1.88 bits per heavy atom. The van der Waals surface area contributed by atoms with E-state index in [4.69, 9.17) is 4.74 Å². The molecule has 5 heteroatoms. The predicted octanol–water partition coefficient (Wildman–Crippen LogP) is 4.47. The first-order valence-electron chi connectivity index (χ1n) is 12.4. The fraction of sp³-hybridized carbons (Fsp3) is 0.500. The van der Waals surface area contributed by atoms with Crippen molar-refractivity contribution in [2.45, 2.75) is 52.1 Å². The van der Waals surface area contributed by atoms with Crippen molar-refractivity contribution in [3.05, 3.63) is 59.7 Å². The molecule has 0 N–H and O–H groups in total. The molecule has 2 heterocycles. The third-order valence-corrected chi connectivity index (χ3v) is 7.03. The average molecular weight is 449 g/mol. The quantitative estimate of drug-likeness (QED) is 0.628. The summed E-state index contributed by atoms with van der Waals surface area (Å²) in [7, 11) is 0. The zero-order valence-corrected chi connectivity index (χ0v) is 20.0. The second-order valence-corrected chi connectivity index (χ2v) is 9.36. The van der Waals surface area contributed by atoms with Gasteiger partial charge in [0.25, 0.3) is 0 Å². The number of aryl methyl sites for hydroxylation is 1. The van der Waals surface area contributed by atoms with Gasteiger partial charge in [-0.25, -0.2) is 0 Å². The zero-order valence-electron chi connectivity index (χ0n) is 20.0. The normalized spacial score (nSPS) is 21.3. The molecule has 2 aliphatic rings. The molecule has 0 aromatic heterocycles. The first-order valence-corrected chi connectivity index (χ1v) is 12.4. The summed E-state index contributed by atoms with van der Waals surface area (Å²) < 4.78 is 5.70. The monoisotopic (exact) mass is 448 g/mol. The smallest absolute Gasteiger partial charge is 0.227 e. The van der Waals surface area contributed by atoms with Gasteiger partial charge in [0, 0.05) is 39.2 Å². The predicted molar refractivity (Wildman–Crippen MR) is 131 cm³/mol. The topological polar surface area (TPSA) is 49.9 Å². The Hall–Kier alpha value is -2.66. The molecule has 0 spiro atoms. The molecule has 2 atom stereocenters. The molecule has 2 aliphatic heterocycles. The second kappa shape index (κ2) is 11.0. The Kier molecular flexibility index (Phi) is 7.81. The van der Waals surface area contributed by atoms with Crippen LogP contribution in [0, 0.1) is 12.8 Å². The van der Waals surface area contributed by atoms with Crippen molar-refractivity contribution in [3.63, 3.8) is 0 Å². The standard InChI is InChI=1S/C28H36N2O3/c1-3-29-16-17-30(27(31)15-14-25-8-6-18-33-25)20-24(28(29)32)19-23-7-4-5-9-26(23)22-12-10-21(2)11-13-22/h4-5,7,9-13,24-25H,3,6,8,14-20H2,1-2H3. The number of rotatable bonds is 7. The number of nitrogens with zero attached hydrogens (tertiary/aromatic N) is 2. The van der Waals surface area contributed by atoms with Crippen molar-refractivity contribution >= 4 is 11.8 Å². The lowest BCUT2D eigenvalue weighted by Gasteiger charge is -2.25. The van der Waals surface area contributed by atoms with Crippen LogP contribution in [0.25, 0.3) is 11.1 Å². The third kappa shape index (κ3) is 5.83. The van der Waals surface area contributed by atoms with Gasteiger partial charge in [-0.2, -0.15) is 0 Å². The molecule has 2 amide bonds. The zero-order chi connectivity index (χ0) is 23.2.